The second-order valence-corrected chi connectivity index (χ2v) is 6.41. The molecule has 0 unspecified atom stereocenters. The van der Waals surface area contributed by atoms with E-state index in [0.29, 0.717) is 0 Å². The molecule has 1 heterocycles. The Kier molecular flexibility index (Phi) is 5.52. The fraction of sp³-hybridized carbons (Fsp3) is 0.278. The number of rotatable bonds is 5. The first-order valence-electron chi connectivity index (χ1n) is 7.69. The van der Waals surface area contributed by atoms with Crippen LogP contribution in [0.1, 0.15) is 26.3 Å². The van der Waals surface area contributed by atoms with Crippen LogP contribution in [0, 0.1) is 0 Å². The number of nitrogens with one attached hydrogen (secondary N) is 2. The van der Waals surface area contributed by atoms with Crippen molar-refractivity contribution in [3.05, 3.63) is 54.6 Å². The second kappa shape index (κ2) is 7.59. The lowest BCUT2D eigenvalue weighted by atomic mass is 10.1. The Balaban J connectivity index is 1.84. The zero-order valence-electron chi connectivity index (χ0n) is 14.1. The van der Waals surface area contributed by atoms with Crippen molar-refractivity contribution in [1.82, 2.24) is 20.2 Å². The van der Waals surface area contributed by atoms with Crippen molar-refractivity contribution in [1.29, 1.82) is 0 Å². The van der Waals surface area contributed by atoms with Gasteiger partial charge in [-0.2, -0.15) is 0 Å². The number of amides is 2. The van der Waals surface area contributed by atoms with Crippen molar-refractivity contribution >= 4 is 17.9 Å². The molecule has 6 nitrogen and oxygen atoms in total. The predicted octanol–water partition coefficient (Wildman–Crippen LogP) is 1.92. The molecule has 6 heteroatoms. The summed E-state index contributed by atoms with van der Waals surface area (Å²) in [5.74, 6) is -0.522. The van der Waals surface area contributed by atoms with E-state index in [1.165, 1.54) is 6.08 Å². The number of carbonyl (C=O) groups excluding carboxylic acids is 2. The average Bonchev–Trinajstić information content (AvgIpc) is 3.04. The minimum Gasteiger partial charge on any atom is -0.350 e. The van der Waals surface area contributed by atoms with Crippen LogP contribution in [0.15, 0.2) is 49.1 Å². The van der Waals surface area contributed by atoms with Crippen LogP contribution < -0.4 is 10.6 Å². The Hall–Kier alpha value is -2.89. The van der Waals surface area contributed by atoms with E-state index in [2.05, 4.69) is 15.6 Å². The van der Waals surface area contributed by atoms with Crippen LogP contribution in [0.4, 0.5) is 0 Å². The lowest BCUT2D eigenvalue weighted by molar-refractivity contribution is -0.124. The molecule has 1 aromatic carbocycles. The summed E-state index contributed by atoms with van der Waals surface area (Å²) in [6.07, 6.45) is 8.42. The molecule has 0 atom stereocenters. The summed E-state index contributed by atoms with van der Waals surface area (Å²) >= 11 is 0. The van der Waals surface area contributed by atoms with Gasteiger partial charge in [-0.15, -0.1) is 0 Å². The van der Waals surface area contributed by atoms with Gasteiger partial charge in [-0.3, -0.25) is 9.59 Å². The van der Waals surface area contributed by atoms with Crippen LogP contribution >= 0.6 is 0 Å². The maximum absolute atomic E-state index is 11.7. The highest BCUT2D eigenvalue weighted by Crippen LogP contribution is 2.10. The summed E-state index contributed by atoms with van der Waals surface area (Å²) in [4.78, 5) is 27.4. The maximum Gasteiger partial charge on any atom is 0.244 e. The molecule has 0 aliphatic heterocycles. The number of benzene rings is 1. The van der Waals surface area contributed by atoms with Crippen molar-refractivity contribution < 1.29 is 9.59 Å². The van der Waals surface area contributed by atoms with Crippen LogP contribution in [-0.2, 0) is 9.59 Å². The van der Waals surface area contributed by atoms with E-state index in [0.717, 1.165) is 11.3 Å². The number of hydrogen-bond acceptors (Lipinski definition) is 3. The molecular weight excluding hydrogens is 304 g/mol. The molecule has 0 fully saturated rings. The topological polar surface area (TPSA) is 76.0 Å². The first kappa shape index (κ1) is 17.5. The third-order valence-electron chi connectivity index (χ3n) is 3.06. The SMILES string of the molecule is CC(C)(C)NC(=O)CNC(=O)/C=C/c1ccc(-n2ccnc2)cc1. The van der Waals surface area contributed by atoms with Crippen LogP contribution in [0.5, 0.6) is 0 Å². The number of imidazole rings is 1. The lowest BCUT2D eigenvalue weighted by Gasteiger charge is -2.20. The Labute approximate surface area is 141 Å². The molecule has 126 valence electrons. The van der Waals surface area contributed by atoms with Gasteiger partial charge in [0.25, 0.3) is 0 Å². The Bertz CT molecular complexity index is 710. The minimum absolute atomic E-state index is 0.0417. The van der Waals surface area contributed by atoms with Gasteiger partial charge >= 0.3 is 0 Å². The van der Waals surface area contributed by atoms with Crippen LogP contribution in [-0.4, -0.2) is 33.4 Å². The molecule has 24 heavy (non-hydrogen) atoms. The van der Waals surface area contributed by atoms with Crippen molar-refractivity contribution in [2.24, 2.45) is 0 Å². The van der Waals surface area contributed by atoms with E-state index < -0.39 is 0 Å². The van der Waals surface area contributed by atoms with Crippen LogP contribution in [0.3, 0.4) is 0 Å². The average molecular weight is 326 g/mol. The van der Waals surface area contributed by atoms with E-state index in [4.69, 9.17) is 0 Å². The normalized spacial score (nSPS) is 11.5. The van der Waals surface area contributed by atoms with Gasteiger partial charge in [0.15, 0.2) is 0 Å². The molecule has 2 aromatic rings. The molecular formula is C18H22N4O2. The zero-order chi connectivity index (χ0) is 17.6. The Morgan fingerprint density at radius 2 is 1.92 bits per heavy atom. The van der Waals surface area contributed by atoms with Gasteiger partial charge in [0.1, 0.15) is 0 Å². The Morgan fingerprint density at radius 1 is 1.21 bits per heavy atom. The maximum atomic E-state index is 11.7. The lowest BCUT2D eigenvalue weighted by Crippen LogP contribution is -2.45. The second-order valence-electron chi connectivity index (χ2n) is 6.41. The van der Waals surface area contributed by atoms with E-state index in [9.17, 15) is 9.59 Å². The molecule has 0 saturated carbocycles. The van der Waals surface area contributed by atoms with Crippen molar-refractivity contribution in [2.75, 3.05) is 6.54 Å². The van der Waals surface area contributed by atoms with Gasteiger partial charge in [0.05, 0.1) is 12.9 Å². The number of carbonyl (C=O) groups is 2. The largest absolute Gasteiger partial charge is 0.350 e. The third kappa shape index (κ3) is 5.72. The number of hydrogen-bond donors (Lipinski definition) is 2. The molecule has 0 saturated heterocycles. The summed E-state index contributed by atoms with van der Waals surface area (Å²) in [6, 6.07) is 7.70. The summed E-state index contributed by atoms with van der Waals surface area (Å²) < 4.78 is 1.90. The summed E-state index contributed by atoms with van der Waals surface area (Å²) in [5.41, 5.74) is 1.58. The zero-order valence-corrected chi connectivity index (χ0v) is 14.1. The minimum atomic E-state index is -0.311. The van der Waals surface area contributed by atoms with Gasteiger partial charge in [-0.25, -0.2) is 4.98 Å². The Morgan fingerprint density at radius 3 is 2.50 bits per heavy atom. The molecule has 2 rings (SSSR count). The number of aromatic nitrogens is 2. The third-order valence-corrected chi connectivity index (χ3v) is 3.06. The highest BCUT2D eigenvalue weighted by molar-refractivity contribution is 5.94. The molecule has 1 aromatic heterocycles. The smallest absolute Gasteiger partial charge is 0.244 e. The molecule has 0 spiro atoms. The van der Waals surface area contributed by atoms with Crippen LogP contribution in [0.2, 0.25) is 0 Å². The van der Waals surface area contributed by atoms with Gasteiger partial charge in [0, 0.05) is 29.7 Å². The summed E-state index contributed by atoms with van der Waals surface area (Å²) in [6.45, 7) is 5.63. The summed E-state index contributed by atoms with van der Waals surface area (Å²) in [7, 11) is 0. The first-order chi connectivity index (χ1) is 11.3. The molecule has 2 N–H and O–H groups in total. The number of nitrogens with zero attached hydrogens (tertiary/aromatic N) is 2. The highest BCUT2D eigenvalue weighted by atomic mass is 16.2. The fourth-order valence-corrected chi connectivity index (χ4v) is 2.03. The van der Waals surface area contributed by atoms with Gasteiger partial charge in [-0.1, -0.05) is 12.1 Å². The monoisotopic (exact) mass is 326 g/mol. The van der Waals surface area contributed by atoms with Crippen molar-refractivity contribution in [3.63, 3.8) is 0 Å². The molecule has 0 radical (unpaired) electrons. The predicted molar refractivity (Wildman–Crippen MR) is 93.5 cm³/mol. The molecule has 0 aliphatic carbocycles. The van der Waals surface area contributed by atoms with E-state index in [1.54, 1.807) is 18.6 Å². The molecule has 2 amide bonds. The molecule has 0 aliphatic rings. The van der Waals surface area contributed by atoms with E-state index >= 15 is 0 Å². The highest BCUT2D eigenvalue weighted by Gasteiger charge is 2.13. The summed E-state index contributed by atoms with van der Waals surface area (Å²) in [5, 5.41) is 5.34. The van der Waals surface area contributed by atoms with Gasteiger partial charge in [0.2, 0.25) is 11.8 Å². The van der Waals surface area contributed by atoms with E-state index in [1.807, 2.05) is 55.8 Å². The first-order valence-corrected chi connectivity index (χ1v) is 7.69. The van der Waals surface area contributed by atoms with E-state index in [-0.39, 0.29) is 23.9 Å². The standard InChI is InChI=1S/C18H22N4O2/c1-18(2,3)21-17(24)12-20-16(23)9-6-14-4-7-15(8-5-14)22-11-10-19-13-22/h4-11,13H,12H2,1-3H3,(H,20,23)(H,21,24)/b9-6+. The quantitative estimate of drug-likeness (QED) is 0.824. The van der Waals surface area contributed by atoms with Gasteiger partial charge in [-0.05, 0) is 44.5 Å². The van der Waals surface area contributed by atoms with Crippen LogP contribution in [0.25, 0.3) is 11.8 Å². The van der Waals surface area contributed by atoms with Crippen molar-refractivity contribution in [3.8, 4) is 5.69 Å². The van der Waals surface area contributed by atoms with Crippen molar-refractivity contribution in [2.45, 2.75) is 26.3 Å². The van der Waals surface area contributed by atoms with Gasteiger partial charge < -0.3 is 15.2 Å². The fourth-order valence-electron chi connectivity index (χ4n) is 2.03. The molecule has 0 bridgehead atoms.